The number of halogens is 12. The monoisotopic (exact) mass is 984 g/mol. The zero-order valence-electron chi connectivity index (χ0n) is 33.4. The molecule has 0 spiro atoms. The second-order valence-electron chi connectivity index (χ2n) is 15.9. The molecule has 0 atom stereocenters. The maximum Gasteiger partial charge on any atom is 2.00 e. The summed E-state index contributed by atoms with van der Waals surface area (Å²) in [5.41, 5.74) is -0.880. The molecule has 69 heavy (non-hydrogen) atoms. The molecule has 21 heteroatoms. The molecule has 8 bridgehead atoms. The predicted molar refractivity (Wildman–Crippen MR) is 224 cm³/mol. The van der Waals surface area contributed by atoms with Gasteiger partial charge in [0.15, 0.2) is 69.8 Å². The minimum absolute atomic E-state index is 0. The minimum atomic E-state index is -2.10. The smallest absolute Gasteiger partial charge is 0.357 e. The Kier molecular flexibility index (Phi) is 8.82. The van der Waals surface area contributed by atoms with Crippen LogP contribution in [-0.4, -0.2) is 29.9 Å². The third-order valence-electron chi connectivity index (χ3n) is 12.1. The topological polar surface area (TPSA) is 106 Å². The van der Waals surface area contributed by atoms with Crippen LogP contribution in [0.25, 0.3) is 133 Å². The SMILES string of the molecule is Fc1cc2cc3c(cc2cc1F)-c1nc-3nc2[n-]c(nc3nc(nc4[n-]c(n1)c1cc5c(F)c(F)c(F)c(F)c5cc41)-c1cc4cc(F)c(F)cc4cc1-3)c1cc3c(F)c(F)c(F)c(F)c3cc21.[Fe+2]. The molecule has 5 heterocycles. The van der Waals surface area contributed by atoms with Crippen LogP contribution in [0.15, 0.2) is 72.8 Å². The van der Waals surface area contributed by atoms with Crippen molar-refractivity contribution in [3.8, 4) is 45.6 Å². The molecule has 8 aromatic carbocycles. The van der Waals surface area contributed by atoms with Gasteiger partial charge in [-0.05, 0) is 116 Å². The molecule has 0 radical (unpaired) electrons. The van der Waals surface area contributed by atoms with Crippen molar-refractivity contribution in [3.05, 3.63) is 143 Å². The summed E-state index contributed by atoms with van der Waals surface area (Å²) in [7, 11) is 0. The van der Waals surface area contributed by atoms with Crippen molar-refractivity contribution in [2.45, 2.75) is 0 Å². The molecule has 0 saturated carbocycles. The number of nitrogens with zero attached hydrogens (tertiary/aromatic N) is 8. The largest absolute Gasteiger partial charge is 2.00 e. The van der Waals surface area contributed by atoms with E-state index in [9.17, 15) is 35.1 Å². The summed E-state index contributed by atoms with van der Waals surface area (Å²) in [5.74, 6) is -21.2. The number of hydrogen-bond donors (Lipinski definition) is 0. The first kappa shape index (κ1) is 42.2. The second kappa shape index (κ2) is 14.4. The van der Waals surface area contributed by atoms with Gasteiger partial charge < -0.3 is 29.9 Å². The fraction of sp³-hybridized carbons (Fsp3) is 0. The number of hydrogen-bond acceptors (Lipinski definition) is 6. The van der Waals surface area contributed by atoms with E-state index >= 15 is 17.6 Å². The van der Waals surface area contributed by atoms with Crippen LogP contribution in [0.5, 0.6) is 0 Å². The Morgan fingerprint density at radius 1 is 0.246 bits per heavy atom. The Balaban J connectivity index is 0.00000492. The maximum atomic E-state index is 15.4. The van der Waals surface area contributed by atoms with Gasteiger partial charge in [0.25, 0.3) is 0 Å². The third-order valence-corrected chi connectivity index (χ3v) is 12.1. The van der Waals surface area contributed by atoms with Crippen molar-refractivity contribution in [1.82, 2.24) is 39.9 Å². The van der Waals surface area contributed by atoms with Crippen molar-refractivity contribution < 1.29 is 69.8 Å². The van der Waals surface area contributed by atoms with Crippen LogP contribution in [0.2, 0.25) is 0 Å². The van der Waals surface area contributed by atoms with Crippen LogP contribution in [-0.2, 0) is 17.1 Å². The Morgan fingerprint density at radius 3 is 0.681 bits per heavy atom. The molecule has 2 aliphatic heterocycles. The van der Waals surface area contributed by atoms with Crippen LogP contribution in [0.1, 0.15) is 0 Å². The van der Waals surface area contributed by atoms with Crippen molar-refractivity contribution in [2.75, 3.05) is 0 Å². The first-order valence-electron chi connectivity index (χ1n) is 19.8. The molecule has 8 nitrogen and oxygen atoms in total. The van der Waals surface area contributed by atoms with E-state index in [1.165, 1.54) is 24.3 Å². The van der Waals surface area contributed by atoms with Crippen molar-refractivity contribution >= 4 is 87.2 Å². The number of aromatic nitrogens is 8. The van der Waals surface area contributed by atoms with Gasteiger partial charge in [-0.2, -0.15) is 0 Å². The third kappa shape index (κ3) is 5.92. The van der Waals surface area contributed by atoms with Gasteiger partial charge in [0.1, 0.15) is 0 Å². The van der Waals surface area contributed by atoms with Gasteiger partial charge in [-0.3, -0.25) is 0 Å². The summed E-state index contributed by atoms with van der Waals surface area (Å²) >= 11 is 0. The van der Waals surface area contributed by atoms with Crippen LogP contribution >= 0.6 is 0 Å². The summed E-state index contributed by atoms with van der Waals surface area (Å²) in [6.07, 6.45) is 0. The molecule has 13 rings (SSSR count). The van der Waals surface area contributed by atoms with Gasteiger partial charge in [-0.1, -0.05) is 0 Å². The van der Waals surface area contributed by atoms with Crippen molar-refractivity contribution in [1.29, 1.82) is 0 Å². The Labute approximate surface area is 383 Å². The maximum absolute atomic E-state index is 15.4. The normalized spacial score (nSPS) is 12.2. The van der Waals surface area contributed by atoms with Crippen LogP contribution in [0.3, 0.4) is 0 Å². The quantitative estimate of drug-likeness (QED) is 0.0640. The summed E-state index contributed by atoms with van der Waals surface area (Å²) < 4.78 is 179. The van der Waals surface area contributed by atoms with E-state index in [1.54, 1.807) is 0 Å². The standard InChI is InChI=1S/C48H12F12N8.Fe/c49-29-5-13-1-21-22(2-14(13)6-30(29)50)42-61-41(21)63-45-25-9-17-18(34(54)38(58)37(57)33(17)53)10-26(25)47(67-45)65-43-23-3-15-7-31(51)32(52)8-16(15)4-24(23)44(62-43)66-48-28-12-20-19(11-27(28)46(64-42)68-48)35(55)39(59)40(60)36(20)56;/h1-12H;/q-2;+2. The summed E-state index contributed by atoms with van der Waals surface area (Å²) in [6, 6.07) is 13.0. The van der Waals surface area contributed by atoms with Crippen molar-refractivity contribution in [2.24, 2.45) is 0 Å². The van der Waals surface area contributed by atoms with E-state index < -0.39 is 91.4 Å². The summed E-state index contributed by atoms with van der Waals surface area (Å²) in [4.78, 5) is 36.8. The molecule has 0 fully saturated rings. The van der Waals surface area contributed by atoms with Gasteiger partial charge in [-0.15, -0.1) is 0 Å². The number of fused-ring (bicyclic) bond motifs is 24. The molecule has 2 aliphatic rings. The molecule has 0 unspecified atom stereocenters. The molecule has 11 aromatic rings. The average molecular weight is 985 g/mol. The van der Waals surface area contributed by atoms with E-state index in [0.717, 1.165) is 48.5 Å². The molecular weight excluding hydrogens is 972 g/mol. The number of rotatable bonds is 0. The van der Waals surface area contributed by atoms with E-state index in [1.807, 2.05) is 0 Å². The van der Waals surface area contributed by atoms with Crippen LogP contribution in [0, 0.1) is 69.8 Å². The van der Waals surface area contributed by atoms with E-state index in [4.69, 9.17) is 0 Å². The van der Waals surface area contributed by atoms with Crippen LogP contribution < -0.4 is 9.97 Å². The first-order chi connectivity index (χ1) is 32.6. The predicted octanol–water partition coefficient (Wildman–Crippen LogP) is 12.4. The molecule has 336 valence electrons. The van der Waals surface area contributed by atoms with E-state index in [0.29, 0.717) is 0 Å². The Hall–Kier alpha value is -8.16. The molecule has 0 saturated heterocycles. The minimum Gasteiger partial charge on any atom is -0.357 e. The first-order valence-corrected chi connectivity index (χ1v) is 19.8. The van der Waals surface area contributed by atoms with Gasteiger partial charge in [-0.25, -0.2) is 62.7 Å². The molecule has 0 aliphatic carbocycles. The van der Waals surface area contributed by atoms with Gasteiger partial charge in [0, 0.05) is 66.4 Å². The zero-order chi connectivity index (χ0) is 46.9. The molecule has 0 amide bonds. The second-order valence-corrected chi connectivity index (χ2v) is 15.9. The van der Waals surface area contributed by atoms with Crippen molar-refractivity contribution in [3.63, 3.8) is 0 Å². The molecule has 0 N–H and O–H groups in total. The Morgan fingerprint density at radius 2 is 0.464 bits per heavy atom. The van der Waals surface area contributed by atoms with Crippen LogP contribution in [0.4, 0.5) is 52.7 Å². The summed E-state index contributed by atoms with van der Waals surface area (Å²) in [6.45, 7) is 0. The van der Waals surface area contributed by atoms with Gasteiger partial charge >= 0.3 is 17.1 Å². The fourth-order valence-corrected chi connectivity index (χ4v) is 8.82. The van der Waals surface area contributed by atoms with Gasteiger partial charge in [0.2, 0.25) is 0 Å². The Bertz CT molecular complexity index is 3890. The average Bonchev–Trinajstić information content (AvgIpc) is 4.04. The van der Waals surface area contributed by atoms with E-state index in [-0.39, 0.29) is 128 Å². The molecular formula is C48H12F12FeN8. The number of benzene rings is 8. The zero-order valence-corrected chi connectivity index (χ0v) is 34.5. The molecule has 3 aromatic heterocycles. The van der Waals surface area contributed by atoms with E-state index in [2.05, 4.69) is 39.9 Å². The summed E-state index contributed by atoms with van der Waals surface area (Å²) in [5, 5.41) is -2.76. The fourth-order valence-electron chi connectivity index (χ4n) is 8.82. The van der Waals surface area contributed by atoms with Gasteiger partial charge in [0.05, 0.1) is 23.3 Å².